The summed E-state index contributed by atoms with van der Waals surface area (Å²) >= 11 is 5.32. The Kier molecular flexibility index (Phi) is 27.2. The molecule has 0 radical (unpaired) electrons. The molecule has 0 spiro atoms. The van der Waals surface area contributed by atoms with Crippen molar-refractivity contribution in [3.05, 3.63) is 22.3 Å². The minimum Gasteiger partial charge on any atom is -0.0898 e. The molecule has 1 aliphatic rings. The van der Waals surface area contributed by atoms with Crippen LogP contribution >= 0.6 is 11.6 Å². The molecule has 0 amide bonds. The van der Waals surface area contributed by atoms with E-state index < -0.39 is 0 Å². The van der Waals surface area contributed by atoms with E-state index in [1.807, 2.05) is 61.5 Å². The zero-order valence-electron chi connectivity index (χ0n) is 17.1. The van der Waals surface area contributed by atoms with Crippen LogP contribution in [0.1, 0.15) is 102 Å². The van der Waals surface area contributed by atoms with Crippen molar-refractivity contribution < 1.29 is 0 Å². The van der Waals surface area contributed by atoms with Gasteiger partial charge in [0.1, 0.15) is 0 Å². The zero-order chi connectivity index (χ0) is 18.1. The number of allylic oxidation sites excluding steroid dienone is 4. The molecule has 0 aromatic rings. The Bertz CT molecular complexity index is 253. The van der Waals surface area contributed by atoms with Crippen LogP contribution in [0.5, 0.6) is 0 Å². The van der Waals surface area contributed by atoms with E-state index >= 15 is 0 Å². The fraction of sp³-hybridized carbons (Fsp3) is 0.800. The first-order valence-corrected chi connectivity index (χ1v) is 9.16. The Balaban J connectivity index is -0.000000112. The van der Waals surface area contributed by atoms with E-state index in [1.165, 1.54) is 19.3 Å². The summed E-state index contributed by atoms with van der Waals surface area (Å²) in [6.45, 7) is 25.0. The fourth-order valence-corrected chi connectivity index (χ4v) is 2.06. The third-order valence-electron chi connectivity index (χ3n) is 2.86. The average Bonchev–Trinajstić information content (AvgIpc) is 2.78. The fourth-order valence-electron chi connectivity index (χ4n) is 2.06. The molecule has 0 fully saturated rings. The summed E-state index contributed by atoms with van der Waals surface area (Å²) in [4.78, 5) is 0. The van der Waals surface area contributed by atoms with E-state index in [9.17, 15) is 0 Å². The topological polar surface area (TPSA) is 0 Å². The molecule has 0 aromatic carbocycles. The summed E-state index contributed by atoms with van der Waals surface area (Å²) in [5.41, 5.74) is 3.91. The van der Waals surface area contributed by atoms with Crippen molar-refractivity contribution in [2.45, 2.75) is 102 Å². The van der Waals surface area contributed by atoms with Crippen molar-refractivity contribution in [2.24, 2.45) is 5.41 Å². The minimum atomic E-state index is 0.565. The van der Waals surface area contributed by atoms with Crippen LogP contribution in [0.3, 0.4) is 0 Å². The molecule has 1 rings (SSSR count). The molecule has 0 nitrogen and oxygen atoms in total. The maximum Gasteiger partial charge on any atom is 0.0107 e. The first kappa shape index (κ1) is 28.9. The van der Waals surface area contributed by atoms with Crippen molar-refractivity contribution >= 4 is 11.6 Å². The van der Waals surface area contributed by atoms with Crippen LogP contribution in [0.4, 0.5) is 0 Å². The van der Waals surface area contributed by atoms with Gasteiger partial charge in [0.05, 0.1) is 0 Å². The Morgan fingerprint density at radius 2 is 1.38 bits per heavy atom. The molecule has 0 aromatic heterocycles. The number of rotatable bonds is 1. The molecule has 0 unspecified atom stereocenters. The normalized spacial score (nSPS) is 15.2. The monoisotopic (exact) mass is 318 g/mol. The van der Waals surface area contributed by atoms with Crippen LogP contribution in [-0.2, 0) is 0 Å². The van der Waals surface area contributed by atoms with Crippen molar-refractivity contribution in [3.63, 3.8) is 0 Å². The van der Waals surface area contributed by atoms with Crippen LogP contribution in [0.15, 0.2) is 22.3 Å². The highest BCUT2D eigenvalue weighted by atomic mass is 35.5. The molecule has 0 saturated heterocycles. The summed E-state index contributed by atoms with van der Waals surface area (Å²) in [6.07, 6.45) is 5.75. The second-order valence-corrected chi connectivity index (χ2v) is 5.73. The van der Waals surface area contributed by atoms with E-state index in [2.05, 4.69) is 27.7 Å². The van der Waals surface area contributed by atoms with Gasteiger partial charge in [0, 0.05) is 5.03 Å². The molecule has 21 heavy (non-hydrogen) atoms. The highest BCUT2D eigenvalue weighted by Gasteiger charge is 2.26. The van der Waals surface area contributed by atoms with Crippen LogP contribution in [0.25, 0.3) is 0 Å². The maximum atomic E-state index is 5.32. The summed E-state index contributed by atoms with van der Waals surface area (Å²) in [6, 6.07) is 0. The maximum absolute atomic E-state index is 5.32. The van der Waals surface area contributed by atoms with Crippen LogP contribution in [0.2, 0.25) is 0 Å². The van der Waals surface area contributed by atoms with E-state index in [4.69, 9.17) is 11.6 Å². The van der Waals surface area contributed by atoms with Gasteiger partial charge in [-0.1, -0.05) is 91.1 Å². The van der Waals surface area contributed by atoms with Gasteiger partial charge in [-0.25, -0.2) is 0 Å². The van der Waals surface area contributed by atoms with Crippen LogP contribution < -0.4 is 0 Å². The largest absolute Gasteiger partial charge is 0.0898 e. The van der Waals surface area contributed by atoms with Gasteiger partial charge >= 0.3 is 0 Å². The first-order valence-electron chi connectivity index (χ1n) is 8.78. The van der Waals surface area contributed by atoms with Gasteiger partial charge in [0.2, 0.25) is 0 Å². The van der Waals surface area contributed by atoms with Crippen LogP contribution in [0, 0.1) is 5.41 Å². The molecule has 0 aliphatic heterocycles. The van der Waals surface area contributed by atoms with Crippen molar-refractivity contribution in [3.8, 4) is 0 Å². The summed E-state index contributed by atoms with van der Waals surface area (Å²) in [5, 5.41) is 0.852. The molecular weight excluding hydrogens is 276 g/mol. The molecule has 1 aliphatic carbocycles. The van der Waals surface area contributed by atoms with Crippen molar-refractivity contribution in [2.75, 3.05) is 0 Å². The zero-order valence-corrected chi connectivity index (χ0v) is 17.8. The molecule has 0 heterocycles. The molecule has 1 heteroatoms. The number of halogens is 1. The molecule has 130 valence electrons. The standard InChI is InChI=1S/C10H18.C4H7Cl.3C2H6/c1-5-9-7-10(3,4)6-8(9)2;1-3-4(2)5;3*1-2/h5-7H2,1-4H3;3H,1-2H3;3*1-2H3/b;4-3+;;;. The molecule has 0 atom stereocenters. The Hall–Kier alpha value is -0.230. The Labute approximate surface area is 142 Å². The van der Waals surface area contributed by atoms with Gasteiger partial charge < -0.3 is 0 Å². The first-order chi connectivity index (χ1) is 9.82. The lowest BCUT2D eigenvalue weighted by Gasteiger charge is -2.16. The molecule has 0 N–H and O–H groups in total. The number of hydrogen-bond donors (Lipinski definition) is 0. The van der Waals surface area contributed by atoms with Gasteiger partial charge in [0.25, 0.3) is 0 Å². The van der Waals surface area contributed by atoms with Gasteiger partial charge in [-0.3, -0.25) is 0 Å². The lowest BCUT2D eigenvalue weighted by atomic mass is 9.89. The predicted octanol–water partition coefficient (Wildman–Crippen LogP) is 8.76. The van der Waals surface area contributed by atoms with Crippen molar-refractivity contribution in [1.29, 1.82) is 0 Å². The highest BCUT2D eigenvalue weighted by Crippen LogP contribution is 2.41. The summed E-state index contributed by atoms with van der Waals surface area (Å²) in [7, 11) is 0. The minimum absolute atomic E-state index is 0.565. The van der Waals surface area contributed by atoms with Crippen LogP contribution in [-0.4, -0.2) is 0 Å². The Morgan fingerprint density at radius 1 is 1.05 bits per heavy atom. The predicted molar refractivity (Wildman–Crippen MR) is 105 cm³/mol. The van der Waals surface area contributed by atoms with Gasteiger partial charge in [0.15, 0.2) is 0 Å². The van der Waals surface area contributed by atoms with E-state index in [0.717, 1.165) is 5.03 Å². The van der Waals surface area contributed by atoms with Gasteiger partial charge in [-0.15, -0.1) is 0 Å². The molecular formula is C20H43Cl. The van der Waals surface area contributed by atoms with E-state index in [1.54, 1.807) is 11.1 Å². The SMILES string of the molecule is C/C=C(\C)Cl.CC.CC.CC.CCC1=C(C)CC(C)(C)C1. The summed E-state index contributed by atoms with van der Waals surface area (Å²) in [5.74, 6) is 0. The van der Waals surface area contributed by atoms with E-state index in [-0.39, 0.29) is 0 Å². The second kappa shape index (κ2) is 19.8. The quantitative estimate of drug-likeness (QED) is 0.424. The average molecular weight is 319 g/mol. The Morgan fingerprint density at radius 3 is 1.48 bits per heavy atom. The third kappa shape index (κ3) is 19.8. The lowest BCUT2D eigenvalue weighted by molar-refractivity contribution is 0.387. The second-order valence-electron chi connectivity index (χ2n) is 5.13. The molecule has 0 bridgehead atoms. The van der Waals surface area contributed by atoms with Gasteiger partial charge in [-0.05, 0) is 45.4 Å². The van der Waals surface area contributed by atoms with Crippen molar-refractivity contribution in [1.82, 2.24) is 0 Å². The smallest absolute Gasteiger partial charge is 0.0107 e. The number of hydrogen-bond acceptors (Lipinski definition) is 0. The molecule has 0 saturated carbocycles. The van der Waals surface area contributed by atoms with E-state index in [0.29, 0.717) is 5.41 Å². The third-order valence-corrected chi connectivity index (χ3v) is 3.08. The highest BCUT2D eigenvalue weighted by molar-refractivity contribution is 6.29. The van der Waals surface area contributed by atoms with Gasteiger partial charge in [-0.2, -0.15) is 0 Å². The summed E-state index contributed by atoms with van der Waals surface area (Å²) < 4.78 is 0. The lowest BCUT2D eigenvalue weighted by Crippen LogP contribution is -2.04.